The second-order valence-electron chi connectivity index (χ2n) is 3.90. The summed E-state index contributed by atoms with van der Waals surface area (Å²) in [6, 6.07) is 12.2. The van der Waals surface area contributed by atoms with E-state index in [-0.39, 0.29) is 13.2 Å². The maximum absolute atomic E-state index is 12.6. The molecule has 19 heavy (non-hydrogen) atoms. The van der Waals surface area contributed by atoms with Crippen molar-refractivity contribution in [2.24, 2.45) is 0 Å². The van der Waals surface area contributed by atoms with Gasteiger partial charge in [-0.2, -0.15) is 4.39 Å². The van der Waals surface area contributed by atoms with Gasteiger partial charge in [-0.1, -0.05) is 36.4 Å². The van der Waals surface area contributed by atoms with E-state index >= 15 is 0 Å². The Balaban J connectivity index is 1.74. The van der Waals surface area contributed by atoms with Gasteiger partial charge in [-0.25, -0.2) is 9.78 Å². The molecule has 1 amide bonds. The first-order valence-electron chi connectivity index (χ1n) is 5.79. The molecule has 1 aromatic heterocycles. The largest absolute Gasteiger partial charge is 0.445 e. The van der Waals surface area contributed by atoms with E-state index in [1.165, 1.54) is 12.3 Å². The van der Waals surface area contributed by atoms with E-state index in [1.807, 2.05) is 30.3 Å². The van der Waals surface area contributed by atoms with Crippen LogP contribution in [0.1, 0.15) is 11.1 Å². The number of halogens is 1. The minimum Gasteiger partial charge on any atom is -0.445 e. The van der Waals surface area contributed by atoms with E-state index < -0.39 is 12.0 Å². The molecule has 98 valence electrons. The summed E-state index contributed by atoms with van der Waals surface area (Å²) >= 11 is 0. The number of benzene rings is 1. The number of rotatable bonds is 4. The molecule has 2 aromatic rings. The second kappa shape index (κ2) is 6.49. The number of carbonyl (C=O) groups excluding carboxylic acids is 1. The van der Waals surface area contributed by atoms with Crippen LogP contribution in [0.4, 0.5) is 9.18 Å². The van der Waals surface area contributed by atoms with Gasteiger partial charge in [0.25, 0.3) is 0 Å². The Hall–Kier alpha value is -2.43. The Kier molecular flexibility index (Phi) is 4.44. The number of aromatic nitrogens is 1. The Morgan fingerprint density at radius 2 is 1.95 bits per heavy atom. The normalized spacial score (nSPS) is 9.95. The summed E-state index contributed by atoms with van der Waals surface area (Å²) in [7, 11) is 0. The fraction of sp³-hybridized carbons (Fsp3) is 0.143. The maximum atomic E-state index is 12.6. The maximum Gasteiger partial charge on any atom is 0.407 e. The number of pyridine rings is 1. The van der Waals surface area contributed by atoms with Gasteiger partial charge in [-0.05, 0) is 17.2 Å². The predicted octanol–water partition coefficient (Wildman–Crippen LogP) is 2.65. The molecule has 0 saturated carbocycles. The van der Waals surface area contributed by atoms with Crippen molar-refractivity contribution in [1.29, 1.82) is 0 Å². The van der Waals surface area contributed by atoms with Crippen molar-refractivity contribution in [1.82, 2.24) is 10.3 Å². The highest BCUT2D eigenvalue weighted by Gasteiger charge is 2.03. The Morgan fingerprint density at radius 1 is 1.16 bits per heavy atom. The number of alkyl carbamates (subject to hydrolysis) is 1. The average molecular weight is 260 g/mol. The SMILES string of the molecule is O=C(NCc1ccc(F)nc1)OCc1ccccc1. The smallest absolute Gasteiger partial charge is 0.407 e. The third kappa shape index (κ3) is 4.39. The minimum atomic E-state index is -0.546. The molecular weight excluding hydrogens is 247 g/mol. The molecule has 0 unspecified atom stereocenters. The lowest BCUT2D eigenvalue weighted by Gasteiger charge is -2.06. The topological polar surface area (TPSA) is 51.2 Å². The molecule has 4 nitrogen and oxygen atoms in total. The second-order valence-corrected chi connectivity index (χ2v) is 3.90. The van der Waals surface area contributed by atoms with Crippen LogP contribution >= 0.6 is 0 Å². The number of hydrogen-bond donors (Lipinski definition) is 1. The molecule has 1 aromatic carbocycles. The minimum absolute atomic E-state index is 0.217. The highest BCUT2D eigenvalue weighted by Crippen LogP contribution is 2.01. The van der Waals surface area contributed by atoms with Crippen LogP contribution in [0.25, 0.3) is 0 Å². The summed E-state index contributed by atoms with van der Waals surface area (Å²) in [6.45, 7) is 0.468. The average Bonchev–Trinajstić information content (AvgIpc) is 2.45. The number of ether oxygens (including phenoxy) is 1. The highest BCUT2D eigenvalue weighted by atomic mass is 19.1. The quantitative estimate of drug-likeness (QED) is 0.860. The van der Waals surface area contributed by atoms with Crippen molar-refractivity contribution < 1.29 is 13.9 Å². The molecule has 0 aliphatic carbocycles. The van der Waals surface area contributed by atoms with Crippen LogP contribution in [0.2, 0.25) is 0 Å². The molecule has 5 heteroatoms. The molecule has 0 atom stereocenters. The lowest BCUT2D eigenvalue weighted by Crippen LogP contribution is -2.23. The zero-order chi connectivity index (χ0) is 13.5. The van der Waals surface area contributed by atoms with E-state index in [4.69, 9.17) is 4.74 Å². The zero-order valence-corrected chi connectivity index (χ0v) is 10.2. The van der Waals surface area contributed by atoms with E-state index in [1.54, 1.807) is 6.07 Å². The molecular formula is C14H13FN2O2. The van der Waals surface area contributed by atoms with Gasteiger partial charge < -0.3 is 10.1 Å². The summed E-state index contributed by atoms with van der Waals surface area (Å²) in [6.07, 6.45) is 0.848. The molecule has 0 aliphatic heterocycles. The van der Waals surface area contributed by atoms with Gasteiger partial charge in [-0.15, -0.1) is 0 Å². The number of nitrogens with one attached hydrogen (secondary N) is 1. The first kappa shape index (κ1) is 13.0. The summed E-state index contributed by atoms with van der Waals surface area (Å²) in [4.78, 5) is 14.9. The molecule has 0 radical (unpaired) electrons. The van der Waals surface area contributed by atoms with Crippen LogP contribution in [-0.2, 0) is 17.9 Å². The molecule has 0 fully saturated rings. The predicted molar refractivity (Wildman–Crippen MR) is 67.7 cm³/mol. The third-order valence-corrected chi connectivity index (χ3v) is 2.44. The van der Waals surface area contributed by atoms with Gasteiger partial charge in [0.05, 0.1) is 0 Å². The first-order valence-corrected chi connectivity index (χ1v) is 5.79. The third-order valence-electron chi connectivity index (χ3n) is 2.44. The number of amides is 1. The molecule has 1 N–H and O–H groups in total. The van der Waals surface area contributed by atoms with Gasteiger partial charge in [-0.3, -0.25) is 0 Å². The van der Waals surface area contributed by atoms with Crippen molar-refractivity contribution in [3.05, 3.63) is 65.7 Å². The van der Waals surface area contributed by atoms with Crippen molar-refractivity contribution >= 4 is 6.09 Å². The van der Waals surface area contributed by atoms with Crippen LogP contribution in [-0.4, -0.2) is 11.1 Å². The summed E-state index contributed by atoms with van der Waals surface area (Å²) < 4.78 is 17.6. The van der Waals surface area contributed by atoms with Crippen molar-refractivity contribution in [3.63, 3.8) is 0 Å². The number of carbonyl (C=O) groups is 1. The van der Waals surface area contributed by atoms with E-state index in [9.17, 15) is 9.18 Å². The molecule has 0 aliphatic rings. The van der Waals surface area contributed by atoms with E-state index in [2.05, 4.69) is 10.3 Å². The fourth-order valence-corrected chi connectivity index (χ4v) is 1.46. The summed E-state index contributed by atoms with van der Waals surface area (Å²) in [5, 5.41) is 2.57. The summed E-state index contributed by atoms with van der Waals surface area (Å²) in [5.41, 5.74) is 1.62. The van der Waals surface area contributed by atoms with Crippen molar-refractivity contribution in [3.8, 4) is 0 Å². The van der Waals surface area contributed by atoms with Crippen molar-refractivity contribution in [2.45, 2.75) is 13.2 Å². The molecule has 0 bridgehead atoms. The Morgan fingerprint density at radius 3 is 2.63 bits per heavy atom. The monoisotopic (exact) mass is 260 g/mol. The van der Waals surface area contributed by atoms with Gasteiger partial charge >= 0.3 is 6.09 Å². The van der Waals surface area contributed by atoms with E-state index in [0.717, 1.165) is 5.56 Å². The van der Waals surface area contributed by atoms with Gasteiger partial charge in [0.15, 0.2) is 0 Å². The van der Waals surface area contributed by atoms with E-state index in [0.29, 0.717) is 5.56 Å². The lowest BCUT2D eigenvalue weighted by molar-refractivity contribution is 0.139. The fourth-order valence-electron chi connectivity index (χ4n) is 1.46. The molecule has 0 spiro atoms. The van der Waals surface area contributed by atoms with Crippen LogP contribution in [0.15, 0.2) is 48.7 Å². The van der Waals surface area contributed by atoms with Gasteiger partial charge in [0, 0.05) is 12.7 Å². The van der Waals surface area contributed by atoms with Gasteiger partial charge in [0.1, 0.15) is 6.61 Å². The van der Waals surface area contributed by atoms with Crippen LogP contribution in [0.5, 0.6) is 0 Å². The van der Waals surface area contributed by atoms with Crippen molar-refractivity contribution in [2.75, 3.05) is 0 Å². The zero-order valence-electron chi connectivity index (χ0n) is 10.2. The van der Waals surface area contributed by atoms with Crippen LogP contribution < -0.4 is 5.32 Å². The lowest BCUT2D eigenvalue weighted by atomic mass is 10.2. The molecule has 1 heterocycles. The Bertz CT molecular complexity index is 529. The standard InChI is InChI=1S/C14H13FN2O2/c15-13-7-6-12(8-16-13)9-17-14(18)19-10-11-4-2-1-3-5-11/h1-8H,9-10H2,(H,17,18). The van der Waals surface area contributed by atoms with Crippen LogP contribution in [0, 0.1) is 5.95 Å². The van der Waals surface area contributed by atoms with Crippen LogP contribution in [0.3, 0.4) is 0 Å². The number of hydrogen-bond acceptors (Lipinski definition) is 3. The first-order chi connectivity index (χ1) is 9.24. The highest BCUT2D eigenvalue weighted by molar-refractivity contribution is 5.67. The number of nitrogens with zero attached hydrogens (tertiary/aromatic N) is 1. The summed E-state index contributed by atoms with van der Waals surface area (Å²) in [5.74, 6) is -0.546. The Labute approximate surface area is 110 Å². The molecule has 0 saturated heterocycles. The molecule has 2 rings (SSSR count). The van der Waals surface area contributed by atoms with Gasteiger partial charge in [0.2, 0.25) is 5.95 Å².